The summed E-state index contributed by atoms with van der Waals surface area (Å²) in [5.74, 6) is 0.0150. The molecule has 0 unspecified atom stereocenters. The molecule has 8 heteroatoms. The number of amides is 1. The van der Waals surface area contributed by atoms with Crippen molar-refractivity contribution in [2.75, 3.05) is 19.7 Å². The van der Waals surface area contributed by atoms with Crippen molar-refractivity contribution >= 4 is 35.2 Å². The average Bonchev–Trinajstić information content (AvgIpc) is 2.74. The van der Waals surface area contributed by atoms with Crippen molar-refractivity contribution in [3.8, 4) is 0 Å². The number of esters is 1. The number of aromatic nitrogens is 2. The number of carbonyl (C=O) groups excluding carboxylic acids is 2. The lowest BCUT2D eigenvalue weighted by molar-refractivity contribution is -0.143. The summed E-state index contributed by atoms with van der Waals surface area (Å²) in [6.07, 6.45) is 3.07. The molecule has 2 heterocycles. The van der Waals surface area contributed by atoms with Crippen LogP contribution in [0.25, 0.3) is 0 Å². The van der Waals surface area contributed by atoms with Crippen molar-refractivity contribution in [2.45, 2.75) is 42.5 Å². The average molecular weight is 434 g/mol. The van der Waals surface area contributed by atoms with Gasteiger partial charge in [0.15, 0.2) is 5.69 Å². The summed E-state index contributed by atoms with van der Waals surface area (Å²) in [5, 5.41) is 9.64. The topological polar surface area (TPSA) is 72.4 Å². The van der Waals surface area contributed by atoms with E-state index in [1.54, 1.807) is 19.1 Å². The molecule has 154 valence electrons. The van der Waals surface area contributed by atoms with Gasteiger partial charge in [0.25, 0.3) is 5.91 Å². The fourth-order valence-electron chi connectivity index (χ4n) is 3.33. The molecular weight excluding hydrogens is 410 g/mol. The first-order chi connectivity index (χ1) is 14.1. The number of benzene rings is 1. The third kappa shape index (κ3) is 6.18. The summed E-state index contributed by atoms with van der Waals surface area (Å²) in [5.41, 5.74) is 0.333. The van der Waals surface area contributed by atoms with E-state index in [0.717, 1.165) is 24.2 Å². The van der Waals surface area contributed by atoms with Gasteiger partial charge >= 0.3 is 5.97 Å². The highest BCUT2D eigenvalue weighted by Gasteiger charge is 2.26. The van der Waals surface area contributed by atoms with Crippen molar-refractivity contribution in [1.29, 1.82) is 0 Å². The van der Waals surface area contributed by atoms with Crippen molar-refractivity contribution < 1.29 is 14.3 Å². The van der Waals surface area contributed by atoms with Crippen LogP contribution in [0.15, 0.2) is 46.3 Å². The Morgan fingerprint density at radius 3 is 2.79 bits per heavy atom. The zero-order chi connectivity index (χ0) is 20.6. The Balaban J connectivity index is 1.56. The molecule has 3 rings (SSSR count). The monoisotopic (exact) mass is 433 g/mol. The number of carbonyl (C=O) groups is 2. The van der Waals surface area contributed by atoms with Gasteiger partial charge in [-0.25, -0.2) is 0 Å². The summed E-state index contributed by atoms with van der Waals surface area (Å²) in [7, 11) is 0. The Morgan fingerprint density at radius 1 is 1.24 bits per heavy atom. The molecular formula is C21H24ClN3O3S. The second-order valence-electron chi connectivity index (χ2n) is 6.89. The molecule has 2 aromatic rings. The van der Waals surface area contributed by atoms with E-state index >= 15 is 0 Å². The summed E-state index contributed by atoms with van der Waals surface area (Å²) >= 11 is 7.58. The molecule has 0 spiro atoms. The SMILES string of the molecule is CCOC(=O)CC[C@@H]1CCCN(C(=O)c2ccc(Sc3ccccc3Cl)nn2)C1. The fourth-order valence-corrected chi connectivity index (χ4v) is 4.34. The zero-order valence-corrected chi connectivity index (χ0v) is 17.9. The highest BCUT2D eigenvalue weighted by molar-refractivity contribution is 7.99. The van der Waals surface area contributed by atoms with Gasteiger partial charge in [-0.2, -0.15) is 0 Å². The molecule has 0 bridgehead atoms. The van der Waals surface area contributed by atoms with E-state index in [4.69, 9.17) is 16.3 Å². The van der Waals surface area contributed by atoms with Gasteiger partial charge in [0.2, 0.25) is 0 Å². The van der Waals surface area contributed by atoms with Gasteiger partial charge in [0, 0.05) is 24.4 Å². The Labute approximate surface area is 180 Å². The minimum atomic E-state index is -0.173. The van der Waals surface area contributed by atoms with Crippen LogP contribution in [0.4, 0.5) is 0 Å². The molecule has 6 nitrogen and oxygen atoms in total. The fraction of sp³-hybridized carbons (Fsp3) is 0.429. The minimum Gasteiger partial charge on any atom is -0.466 e. The lowest BCUT2D eigenvalue weighted by Crippen LogP contribution is -2.40. The Hall–Kier alpha value is -2.12. The molecule has 1 aliphatic rings. The number of rotatable bonds is 7. The van der Waals surface area contributed by atoms with Crippen LogP contribution in [0, 0.1) is 5.92 Å². The van der Waals surface area contributed by atoms with Crippen molar-refractivity contribution in [3.63, 3.8) is 0 Å². The molecule has 1 aliphatic heterocycles. The predicted octanol–water partition coefficient (Wildman–Crippen LogP) is 4.48. The smallest absolute Gasteiger partial charge is 0.305 e. The van der Waals surface area contributed by atoms with Crippen LogP contribution in [0.3, 0.4) is 0 Å². The standard InChI is InChI=1S/C21H24ClN3O3S/c1-2-28-20(26)12-9-15-6-5-13-25(14-15)21(27)17-10-11-19(24-23-17)29-18-8-4-3-7-16(18)22/h3-4,7-8,10-11,15H,2,5-6,9,12-14H2,1H3/t15-/m0/s1. The summed E-state index contributed by atoms with van der Waals surface area (Å²) in [4.78, 5) is 27.1. The third-order valence-corrected chi connectivity index (χ3v) is 6.22. The second kappa shape index (κ2) is 10.6. The van der Waals surface area contributed by atoms with Gasteiger partial charge in [-0.15, -0.1) is 10.2 Å². The summed E-state index contributed by atoms with van der Waals surface area (Å²) in [6.45, 7) is 3.54. The van der Waals surface area contributed by atoms with Crippen LogP contribution < -0.4 is 0 Å². The molecule has 29 heavy (non-hydrogen) atoms. The number of piperidine rings is 1. The van der Waals surface area contributed by atoms with Crippen LogP contribution in [-0.2, 0) is 9.53 Å². The van der Waals surface area contributed by atoms with Crippen LogP contribution in [-0.4, -0.2) is 46.7 Å². The van der Waals surface area contributed by atoms with Crippen LogP contribution in [0.2, 0.25) is 5.02 Å². The number of ether oxygens (including phenoxy) is 1. The first-order valence-corrected chi connectivity index (χ1v) is 11.0. The number of halogens is 1. The van der Waals surface area contributed by atoms with E-state index in [1.165, 1.54) is 11.8 Å². The van der Waals surface area contributed by atoms with Crippen molar-refractivity contribution in [1.82, 2.24) is 15.1 Å². The Morgan fingerprint density at radius 2 is 2.07 bits per heavy atom. The number of nitrogens with zero attached hydrogens (tertiary/aromatic N) is 3. The molecule has 1 aromatic heterocycles. The van der Waals surface area contributed by atoms with Crippen LogP contribution in [0.5, 0.6) is 0 Å². The largest absolute Gasteiger partial charge is 0.466 e. The Kier molecular flexibility index (Phi) is 7.89. The van der Waals surface area contributed by atoms with E-state index in [2.05, 4.69) is 10.2 Å². The first kappa shape index (κ1) is 21.6. The van der Waals surface area contributed by atoms with E-state index in [0.29, 0.717) is 47.8 Å². The zero-order valence-electron chi connectivity index (χ0n) is 16.3. The van der Waals surface area contributed by atoms with Gasteiger partial charge in [-0.3, -0.25) is 9.59 Å². The normalized spacial score (nSPS) is 16.5. The molecule has 0 aliphatic carbocycles. The minimum absolute atomic E-state index is 0.118. The number of hydrogen-bond donors (Lipinski definition) is 0. The van der Waals surface area contributed by atoms with Gasteiger partial charge in [-0.05, 0) is 56.4 Å². The first-order valence-electron chi connectivity index (χ1n) is 9.77. The number of hydrogen-bond acceptors (Lipinski definition) is 6. The maximum Gasteiger partial charge on any atom is 0.305 e. The van der Waals surface area contributed by atoms with Crippen molar-refractivity contribution in [2.24, 2.45) is 5.92 Å². The molecule has 0 saturated carbocycles. The van der Waals surface area contributed by atoms with Crippen molar-refractivity contribution in [3.05, 3.63) is 47.1 Å². The quantitative estimate of drug-likeness (QED) is 0.599. The van der Waals surface area contributed by atoms with E-state index in [1.807, 2.05) is 29.2 Å². The maximum absolute atomic E-state index is 12.8. The molecule has 1 saturated heterocycles. The van der Waals surface area contributed by atoms with E-state index < -0.39 is 0 Å². The molecule has 0 radical (unpaired) electrons. The van der Waals surface area contributed by atoms with Gasteiger partial charge in [0.1, 0.15) is 5.03 Å². The predicted molar refractivity (Wildman–Crippen MR) is 112 cm³/mol. The van der Waals surface area contributed by atoms with Gasteiger partial charge in [-0.1, -0.05) is 35.5 Å². The van der Waals surface area contributed by atoms with Gasteiger partial charge in [0.05, 0.1) is 11.6 Å². The Bertz CT molecular complexity index is 847. The maximum atomic E-state index is 12.8. The lowest BCUT2D eigenvalue weighted by atomic mass is 9.93. The van der Waals surface area contributed by atoms with Crippen LogP contribution >= 0.6 is 23.4 Å². The molecule has 1 aromatic carbocycles. The molecule has 0 N–H and O–H groups in total. The lowest BCUT2D eigenvalue weighted by Gasteiger charge is -2.32. The molecule has 1 atom stereocenters. The van der Waals surface area contributed by atoms with Gasteiger partial charge < -0.3 is 9.64 Å². The van der Waals surface area contributed by atoms with E-state index in [-0.39, 0.29) is 11.9 Å². The second-order valence-corrected chi connectivity index (χ2v) is 8.36. The highest BCUT2D eigenvalue weighted by atomic mass is 35.5. The van der Waals surface area contributed by atoms with E-state index in [9.17, 15) is 9.59 Å². The number of likely N-dealkylation sites (tertiary alicyclic amines) is 1. The summed E-state index contributed by atoms with van der Waals surface area (Å²) in [6, 6.07) is 11.0. The third-order valence-electron chi connectivity index (χ3n) is 4.78. The molecule has 1 fully saturated rings. The van der Waals surface area contributed by atoms with Crippen LogP contribution in [0.1, 0.15) is 43.1 Å². The highest BCUT2D eigenvalue weighted by Crippen LogP contribution is 2.31. The molecule has 1 amide bonds. The summed E-state index contributed by atoms with van der Waals surface area (Å²) < 4.78 is 4.99.